The summed E-state index contributed by atoms with van der Waals surface area (Å²) in [5.41, 5.74) is 3.67. The molecule has 2 heterocycles. The van der Waals surface area contributed by atoms with Crippen molar-refractivity contribution in [1.29, 1.82) is 0 Å². The van der Waals surface area contributed by atoms with Crippen molar-refractivity contribution in [3.63, 3.8) is 0 Å². The van der Waals surface area contributed by atoms with Crippen LogP contribution in [-0.2, 0) is 21.4 Å². The van der Waals surface area contributed by atoms with Gasteiger partial charge in [-0.05, 0) is 49.2 Å². The van der Waals surface area contributed by atoms with Crippen LogP contribution in [0.5, 0.6) is 0 Å². The van der Waals surface area contributed by atoms with E-state index in [0.29, 0.717) is 5.13 Å². The fraction of sp³-hybridized carbons (Fsp3) is 0.227. The number of carbonyl (C=O) groups is 2. The van der Waals surface area contributed by atoms with Crippen LogP contribution in [0.25, 0.3) is 11.3 Å². The summed E-state index contributed by atoms with van der Waals surface area (Å²) >= 11 is 1.34. The molecule has 4 rings (SSSR count). The van der Waals surface area contributed by atoms with E-state index in [0.717, 1.165) is 28.1 Å². The summed E-state index contributed by atoms with van der Waals surface area (Å²) in [5, 5.41) is 5.17. The Balaban J connectivity index is 1.51. The SMILES string of the molecule is CN1C(=O)C(C)(C)c2cc(-c3csc(NC(=O)Cc4ccc(F)cc4)n3)ccc21. The third-order valence-corrected chi connectivity index (χ3v) is 5.95. The van der Waals surface area contributed by atoms with Gasteiger partial charge in [-0.25, -0.2) is 9.37 Å². The van der Waals surface area contributed by atoms with Crippen molar-refractivity contribution in [1.82, 2.24) is 4.98 Å². The zero-order chi connectivity index (χ0) is 20.8. The summed E-state index contributed by atoms with van der Waals surface area (Å²) in [7, 11) is 1.78. The Labute approximate surface area is 172 Å². The lowest BCUT2D eigenvalue weighted by Crippen LogP contribution is -2.33. The first-order valence-corrected chi connectivity index (χ1v) is 10.1. The van der Waals surface area contributed by atoms with E-state index in [4.69, 9.17) is 0 Å². The summed E-state index contributed by atoms with van der Waals surface area (Å²) < 4.78 is 13.0. The molecular formula is C22H20FN3O2S. The number of halogens is 1. The molecular weight excluding hydrogens is 389 g/mol. The van der Waals surface area contributed by atoms with Crippen LogP contribution in [0.1, 0.15) is 25.0 Å². The van der Waals surface area contributed by atoms with Crippen molar-refractivity contribution < 1.29 is 14.0 Å². The Morgan fingerprint density at radius 3 is 2.66 bits per heavy atom. The quantitative estimate of drug-likeness (QED) is 0.695. The summed E-state index contributed by atoms with van der Waals surface area (Å²) in [6.07, 6.45) is 0.149. The average Bonchev–Trinajstić information content (AvgIpc) is 3.22. The number of benzene rings is 2. The number of aromatic nitrogens is 1. The second-order valence-electron chi connectivity index (χ2n) is 7.61. The van der Waals surface area contributed by atoms with E-state index in [2.05, 4.69) is 10.3 Å². The van der Waals surface area contributed by atoms with Crippen LogP contribution in [0.4, 0.5) is 15.2 Å². The lowest BCUT2D eigenvalue weighted by molar-refractivity contribution is -0.121. The normalized spacial score (nSPS) is 14.8. The van der Waals surface area contributed by atoms with Crippen LogP contribution in [-0.4, -0.2) is 23.8 Å². The maximum atomic E-state index is 13.0. The van der Waals surface area contributed by atoms with Crippen LogP contribution in [0, 0.1) is 5.82 Å². The summed E-state index contributed by atoms with van der Waals surface area (Å²) in [5.74, 6) is -0.472. The Kier molecular flexibility index (Phi) is 4.70. The molecule has 0 spiro atoms. The van der Waals surface area contributed by atoms with Crippen LogP contribution in [0.15, 0.2) is 47.8 Å². The number of rotatable bonds is 4. The van der Waals surface area contributed by atoms with Crippen LogP contribution < -0.4 is 10.2 Å². The van der Waals surface area contributed by atoms with Gasteiger partial charge in [0.1, 0.15) is 5.82 Å². The zero-order valence-electron chi connectivity index (χ0n) is 16.3. The maximum absolute atomic E-state index is 13.0. The van der Waals surface area contributed by atoms with Crippen LogP contribution in [0.3, 0.4) is 0 Å². The molecule has 0 aliphatic carbocycles. The molecule has 0 fully saturated rings. The van der Waals surface area contributed by atoms with E-state index < -0.39 is 5.41 Å². The smallest absolute Gasteiger partial charge is 0.236 e. The highest BCUT2D eigenvalue weighted by Gasteiger charge is 2.42. The minimum atomic E-state index is -0.581. The van der Waals surface area contributed by atoms with Gasteiger partial charge >= 0.3 is 0 Å². The average molecular weight is 409 g/mol. The van der Waals surface area contributed by atoms with Crippen LogP contribution in [0.2, 0.25) is 0 Å². The number of hydrogen-bond acceptors (Lipinski definition) is 4. The largest absolute Gasteiger partial charge is 0.314 e. The standard InChI is InChI=1S/C22H20FN3O2S/c1-22(2)16-11-14(6-9-18(16)26(3)20(22)28)17-12-29-21(24-17)25-19(27)10-13-4-7-15(23)8-5-13/h4-9,11-12H,10H2,1-3H3,(H,24,25,27). The van der Waals surface area contributed by atoms with E-state index in [1.165, 1.54) is 23.5 Å². The molecule has 1 aromatic heterocycles. The first kappa shape index (κ1) is 19.3. The second kappa shape index (κ2) is 7.08. The van der Waals surface area contributed by atoms with Crippen LogP contribution >= 0.6 is 11.3 Å². The molecule has 0 bridgehead atoms. The lowest BCUT2D eigenvalue weighted by atomic mass is 9.85. The number of amides is 2. The van der Waals surface area contributed by atoms with Gasteiger partial charge < -0.3 is 10.2 Å². The minimum Gasteiger partial charge on any atom is -0.314 e. The van der Waals surface area contributed by atoms with Crippen molar-refractivity contribution in [3.05, 3.63) is 64.8 Å². The molecule has 7 heteroatoms. The number of carbonyl (C=O) groups excluding carboxylic acids is 2. The molecule has 3 aromatic rings. The van der Waals surface area contributed by atoms with Crippen molar-refractivity contribution in [2.24, 2.45) is 0 Å². The molecule has 0 unspecified atom stereocenters. The predicted molar refractivity (Wildman–Crippen MR) is 113 cm³/mol. The van der Waals surface area contributed by atoms with E-state index in [1.807, 2.05) is 37.4 Å². The fourth-order valence-corrected chi connectivity index (χ4v) is 4.28. The van der Waals surface area contributed by atoms with Crippen molar-refractivity contribution in [2.75, 3.05) is 17.3 Å². The fourth-order valence-electron chi connectivity index (χ4n) is 3.55. The molecule has 0 saturated carbocycles. The highest BCUT2D eigenvalue weighted by atomic mass is 32.1. The third kappa shape index (κ3) is 3.53. The molecule has 0 radical (unpaired) electrons. The Bertz CT molecular complexity index is 1110. The number of anilines is 2. The van der Waals surface area contributed by atoms with Crippen molar-refractivity contribution in [3.8, 4) is 11.3 Å². The maximum Gasteiger partial charge on any atom is 0.236 e. The molecule has 1 N–H and O–H groups in total. The number of thiazole rings is 1. The molecule has 148 valence electrons. The molecule has 29 heavy (non-hydrogen) atoms. The Morgan fingerprint density at radius 2 is 1.93 bits per heavy atom. The molecule has 5 nitrogen and oxygen atoms in total. The first-order chi connectivity index (χ1) is 13.8. The second-order valence-corrected chi connectivity index (χ2v) is 8.47. The lowest BCUT2D eigenvalue weighted by Gasteiger charge is -2.16. The van der Waals surface area contributed by atoms with Gasteiger partial charge in [0.05, 0.1) is 17.5 Å². The number of nitrogens with one attached hydrogen (secondary N) is 1. The van der Waals surface area contributed by atoms with Gasteiger partial charge in [-0.3, -0.25) is 9.59 Å². The van der Waals surface area contributed by atoms with Gasteiger partial charge in [0.2, 0.25) is 11.8 Å². The van der Waals surface area contributed by atoms with Gasteiger partial charge in [-0.15, -0.1) is 11.3 Å². The van der Waals surface area contributed by atoms with Gasteiger partial charge in [-0.1, -0.05) is 18.2 Å². The minimum absolute atomic E-state index is 0.0664. The van der Waals surface area contributed by atoms with Crippen molar-refractivity contribution in [2.45, 2.75) is 25.7 Å². The summed E-state index contributed by atoms with van der Waals surface area (Å²) in [4.78, 5) is 30.9. The molecule has 0 atom stereocenters. The van der Waals surface area contributed by atoms with E-state index >= 15 is 0 Å². The highest BCUT2D eigenvalue weighted by molar-refractivity contribution is 7.14. The van der Waals surface area contributed by atoms with E-state index in [1.54, 1.807) is 24.1 Å². The zero-order valence-corrected chi connectivity index (χ0v) is 17.1. The monoisotopic (exact) mass is 409 g/mol. The van der Waals surface area contributed by atoms with Gasteiger partial charge in [0.25, 0.3) is 0 Å². The number of likely N-dealkylation sites (N-methyl/N-ethyl adjacent to an activating group) is 1. The summed E-state index contributed by atoms with van der Waals surface area (Å²) in [6, 6.07) is 11.7. The highest BCUT2D eigenvalue weighted by Crippen LogP contribution is 2.42. The molecule has 2 aromatic carbocycles. The Hall–Kier alpha value is -3.06. The van der Waals surface area contributed by atoms with E-state index in [-0.39, 0.29) is 24.1 Å². The number of hydrogen-bond donors (Lipinski definition) is 1. The molecule has 0 saturated heterocycles. The van der Waals surface area contributed by atoms with Gasteiger partial charge in [0, 0.05) is 23.7 Å². The molecule has 1 aliphatic rings. The molecule has 2 amide bonds. The predicted octanol–water partition coefficient (Wildman–Crippen LogP) is 4.38. The Morgan fingerprint density at radius 1 is 1.21 bits per heavy atom. The molecule has 1 aliphatic heterocycles. The first-order valence-electron chi connectivity index (χ1n) is 9.18. The summed E-state index contributed by atoms with van der Waals surface area (Å²) in [6.45, 7) is 3.84. The van der Waals surface area contributed by atoms with Gasteiger partial charge in [-0.2, -0.15) is 0 Å². The van der Waals surface area contributed by atoms with Gasteiger partial charge in [0.15, 0.2) is 5.13 Å². The number of fused-ring (bicyclic) bond motifs is 1. The topological polar surface area (TPSA) is 62.3 Å². The number of nitrogens with zero attached hydrogens (tertiary/aromatic N) is 2. The third-order valence-electron chi connectivity index (χ3n) is 5.19. The van der Waals surface area contributed by atoms with Crippen molar-refractivity contribution >= 4 is 34.0 Å². The van der Waals surface area contributed by atoms with E-state index in [9.17, 15) is 14.0 Å².